The van der Waals surface area contributed by atoms with Crippen molar-refractivity contribution < 1.29 is 0 Å². The van der Waals surface area contributed by atoms with Gasteiger partial charge in [0.1, 0.15) is 0 Å². The van der Waals surface area contributed by atoms with Gasteiger partial charge in [-0.05, 0) is 21.5 Å². The number of aromatic nitrogens is 2. The molecule has 0 aliphatic heterocycles. The Bertz CT molecular complexity index is 601. The van der Waals surface area contributed by atoms with E-state index in [9.17, 15) is 9.59 Å². The zero-order valence-corrected chi connectivity index (χ0v) is 9.90. The molecule has 1 N–H and O–H groups in total. The van der Waals surface area contributed by atoms with Crippen molar-refractivity contribution in [2.75, 3.05) is 0 Å². The van der Waals surface area contributed by atoms with Gasteiger partial charge in [0.25, 0.3) is 11.1 Å². The molecule has 0 fully saturated rings. The molecule has 0 atom stereocenters. The van der Waals surface area contributed by atoms with Crippen molar-refractivity contribution in [3.05, 3.63) is 67.1 Å². The zero-order chi connectivity index (χ0) is 11.5. The summed E-state index contributed by atoms with van der Waals surface area (Å²) in [5.74, 6) is 0. The molecule has 82 valence electrons. The molecule has 0 spiro atoms. The smallest absolute Gasteiger partial charge is 0.268 e. The third-order valence-electron chi connectivity index (χ3n) is 2.15. The van der Waals surface area contributed by atoms with Crippen molar-refractivity contribution in [2.24, 2.45) is 0 Å². The van der Waals surface area contributed by atoms with Gasteiger partial charge in [-0.25, -0.2) is 4.68 Å². The molecule has 0 saturated carbocycles. The van der Waals surface area contributed by atoms with Gasteiger partial charge in [0.2, 0.25) is 0 Å². The fourth-order valence-electron chi connectivity index (χ4n) is 1.37. The lowest BCUT2D eigenvalue weighted by Gasteiger charge is -2.04. The number of nitrogens with zero attached hydrogens (tertiary/aromatic N) is 1. The Labute approximate surface area is 99.7 Å². The number of rotatable bonds is 2. The molecule has 0 saturated heterocycles. The van der Waals surface area contributed by atoms with Crippen LogP contribution in [0.4, 0.5) is 0 Å². The molecule has 0 aliphatic carbocycles. The summed E-state index contributed by atoms with van der Waals surface area (Å²) in [5, 5.41) is 2.49. The van der Waals surface area contributed by atoms with E-state index < -0.39 is 0 Å². The Hall–Kier alpha value is -1.62. The zero-order valence-electron chi connectivity index (χ0n) is 8.31. The van der Waals surface area contributed by atoms with Gasteiger partial charge in [-0.15, -0.1) is 0 Å². The maximum atomic E-state index is 11.6. The van der Waals surface area contributed by atoms with Crippen molar-refractivity contribution in [1.82, 2.24) is 9.78 Å². The van der Waals surface area contributed by atoms with Crippen LogP contribution >= 0.6 is 15.9 Å². The molecule has 0 amide bonds. The molecule has 1 aromatic heterocycles. The van der Waals surface area contributed by atoms with E-state index in [2.05, 4.69) is 21.0 Å². The Kier molecular flexibility index (Phi) is 3.05. The van der Waals surface area contributed by atoms with Crippen LogP contribution in [0.1, 0.15) is 5.56 Å². The lowest BCUT2D eigenvalue weighted by Crippen LogP contribution is -2.29. The van der Waals surface area contributed by atoms with E-state index in [1.165, 1.54) is 10.7 Å². The predicted octanol–water partition coefficient (Wildman–Crippen LogP) is 1.35. The number of H-pyrrole nitrogens is 1. The summed E-state index contributed by atoms with van der Waals surface area (Å²) in [4.78, 5) is 22.9. The molecule has 0 unspecified atom stereocenters. The fourth-order valence-corrected chi connectivity index (χ4v) is 1.65. The standard InChI is InChI=1S/C11H9BrN2O2/c12-9-6-10(15)14(13-11(9)16)7-8-4-2-1-3-5-8/h1-6H,7H2,(H,13,16). The van der Waals surface area contributed by atoms with Crippen molar-refractivity contribution in [2.45, 2.75) is 6.54 Å². The number of hydrogen-bond acceptors (Lipinski definition) is 2. The van der Waals surface area contributed by atoms with E-state index in [1.54, 1.807) is 0 Å². The van der Waals surface area contributed by atoms with E-state index >= 15 is 0 Å². The van der Waals surface area contributed by atoms with Gasteiger partial charge in [-0.3, -0.25) is 14.7 Å². The van der Waals surface area contributed by atoms with Gasteiger partial charge in [0.15, 0.2) is 0 Å². The average Bonchev–Trinajstić information content (AvgIpc) is 2.27. The molecule has 0 aliphatic rings. The van der Waals surface area contributed by atoms with Crippen LogP contribution in [0.2, 0.25) is 0 Å². The number of halogens is 1. The van der Waals surface area contributed by atoms with Crippen LogP contribution in [0.3, 0.4) is 0 Å². The van der Waals surface area contributed by atoms with Crippen molar-refractivity contribution in [3.8, 4) is 0 Å². The molecule has 2 aromatic rings. The fraction of sp³-hybridized carbons (Fsp3) is 0.0909. The van der Waals surface area contributed by atoms with Crippen LogP contribution in [0.15, 0.2) is 50.5 Å². The summed E-state index contributed by atoms with van der Waals surface area (Å²) in [7, 11) is 0. The number of hydrogen-bond donors (Lipinski definition) is 1. The van der Waals surface area contributed by atoms with E-state index in [0.717, 1.165) is 5.56 Å². The first kappa shape index (κ1) is 10.9. The highest BCUT2D eigenvalue weighted by Gasteiger charge is 2.01. The minimum atomic E-state index is -0.310. The second-order valence-electron chi connectivity index (χ2n) is 3.34. The normalized spacial score (nSPS) is 10.3. The van der Waals surface area contributed by atoms with Gasteiger partial charge in [-0.2, -0.15) is 0 Å². The van der Waals surface area contributed by atoms with Crippen molar-refractivity contribution >= 4 is 15.9 Å². The average molecular weight is 281 g/mol. The molecule has 2 rings (SSSR count). The van der Waals surface area contributed by atoms with Crippen LogP contribution < -0.4 is 11.1 Å². The first-order valence-electron chi connectivity index (χ1n) is 4.70. The Morgan fingerprint density at radius 2 is 1.88 bits per heavy atom. The van der Waals surface area contributed by atoms with Crippen LogP contribution in [-0.4, -0.2) is 9.78 Å². The molecule has 4 nitrogen and oxygen atoms in total. The summed E-state index contributed by atoms with van der Waals surface area (Å²) < 4.78 is 1.53. The summed E-state index contributed by atoms with van der Waals surface area (Å²) >= 11 is 3.01. The first-order valence-corrected chi connectivity index (χ1v) is 5.50. The maximum absolute atomic E-state index is 11.6. The van der Waals surface area contributed by atoms with E-state index in [4.69, 9.17) is 0 Å². The molecular weight excluding hydrogens is 272 g/mol. The van der Waals surface area contributed by atoms with Crippen LogP contribution in [0, 0.1) is 0 Å². The van der Waals surface area contributed by atoms with Gasteiger partial charge in [0.05, 0.1) is 11.0 Å². The van der Waals surface area contributed by atoms with Gasteiger partial charge in [0, 0.05) is 6.07 Å². The second-order valence-corrected chi connectivity index (χ2v) is 4.20. The quantitative estimate of drug-likeness (QED) is 0.903. The second kappa shape index (κ2) is 4.49. The number of benzene rings is 1. The summed E-state index contributed by atoms with van der Waals surface area (Å²) in [6.45, 7) is 0.363. The van der Waals surface area contributed by atoms with Crippen molar-refractivity contribution in [1.29, 1.82) is 0 Å². The predicted molar refractivity (Wildman–Crippen MR) is 64.6 cm³/mol. The highest BCUT2D eigenvalue weighted by atomic mass is 79.9. The number of aromatic amines is 1. The van der Waals surface area contributed by atoms with E-state index in [1.807, 2.05) is 30.3 Å². The largest absolute Gasteiger partial charge is 0.277 e. The summed E-state index contributed by atoms with van der Waals surface area (Å²) in [6, 6.07) is 10.7. The number of nitrogens with one attached hydrogen (secondary N) is 1. The third kappa shape index (κ3) is 2.30. The van der Waals surface area contributed by atoms with Crippen LogP contribution in [0.5, 0.6) is 0 Å². The highest BCUT2D eigenvalue weighted by molar-refractivity contribution is 9.10. The summed E-state index contributed by atoms with van der Waals surface area (Å²) in [6.07, 6.45) is 0. The first-order chi connectivity index (χ1) is 7.66. The minimum absolute atomic E-state index is 0.240. The minimum Gasteiger partial charge on any atom is -0.268 e. The monoisotopic (exact) mass is 280 g/mol. The van der Waals surface area contributed by atoms with Gasteiger partial charge >= 0.3 is 0 Å². The van der Waals surface area contributed by atoms with Gasteiger partial charge < -0.3 is 0 Å². The third-order valence-corrected chi connectivity index (χ3v) is 2.74. The maximum Gasteiger partial charge on any atom is 0.277 e. The highest BCUT2D eigenvalue weighted by Crippen LogP contribution is 2.00. The molecule has 16 heavy (non-hydrogen) atoms. The molecule has 1 heterocycles. The topological polar surface area (TPSA) is 54.9 Å². The van der Waals surface area contributed by atoms with E-state index in [0.29, 0.717) is 6.54 Å². The van der Waals surface area contributed by atoms with Crippen LogP contribution in [0.25, 0.3) is 0 Å². The molecule has 1 aromatic carbocycles. The Morgan fingerprint density at radius 1 is 1.19 bits per heavy atom. The SMILES string of the molecule is O=c1[nH]n(Cc2ccccc2)c(=O)cc1Br. The lowest BCUT2D eigenvalue weighted by molar-refractivity contribution is 0.625. The molecule has 5 heteroatoms. The molecule has 0 radical (unpaired) electrons. The lowest BCUT2D eigenvalue weighted by atomic mass is 10.2. The van der Waals surface area contributed by atoms with Crippen molar-refractivity contribution in [3.63, 3.8) is 0 Å². The van der Waals surface area contributed by atoms with Crippen LogP contribution in [-0.2, 0) is 6.54 Å². The Morgan fingerprint density at radius 3 is 2.56 bits per heavy atom. The van der Waals surface area contributed by atoms with E-state index in [-0.39, 0.29) is 15.6 Å². The molecular formula is C11H9BrN2O2. The Balaban J connectivity index is 2.40. The molecule has 0 bridgehead atoms. The van der Waals surface area contributed by atoms with Gasteiger partial charge in [-0.1, -0.05) is 30.3 Å². The summed E-state index contributed by atoms with van der Waals surface area (Å²) in [5.41, 5.74) is 0.411.